The Hall–Kier alpha value is -8.94. The first-order valence-electron chi connectivity index (χ1n) is 18.7. The molecule has 0 fully saturated rings. The minimum absolute atomic E-state index is 0.0461. The normalized spacial score (nSPS) is 17.2. The van der Waals surface area contributed by atoms with Gasteiger partial charge in [-0.15, -0.1) is 0 Å². The van der Waals surface area contributed by atoms with Crippen LogP contribution in [0.1, 0.15) is 55.2 Å². The number of ether oxygens (including phenoxy) is 4. The van der Waals surface area contributed by atoms with Gasteiger partial charge in [0.25, 0.3) is 0 Å². The van der Waals surface area contributed by atoms with Crippen molar-refractivity contribution in [1.29, 1.82) is 0 Å². The molecule has 14 N–H and O–H groups in total. The fourth-order valence-corrected chi connectivity index (χ4v) is 6.96. The van der Waals surface area contributed by atoms with Crippen molar-refractivity contribution in [3.05, 3.63) is 118 Å². The van der Waals surface area contributed by atoms with Crippen LogP contribution in [0, 0.1) is 0 Å². The van der Waals surface area contributed by atoms with E-state index in [-0.39, 0.29) is 81.1 Å². The Kier molecular flexibility index (Phi) is 11.4. The Bertz CT molecular complexity index is 2580. The van der Waals surface area contributed by atoms with Crippen LogP contribution in [0.5, 0.6) is 92.0 Å². The molecule has 0 aliphatic carbocycles. The summed E-state index contributed by atoms with van der Waals surface area (Å²) in [7, 11) is 0. The number of hydrogen-bond donors (Lipinski definition) is 14. The van der Waals surface area contributed by atoms with Gasteiger partial charge in [0.15, 0.2) is 69.7 Å². The van der Waals surface area contributed by atoms with Gasteiger partial charge in [0.05, 0.1) is 11.1 Å². The van der Waals surface area contributed by atoms with Crippen LogP contribution in [0.3, 0.4) is 0 Å². The second kappa shape index (κ2) is 16.8. The molecule has 0 radical (unpaired) electrons. The molecule has 2 aliphatic heterocycles. The van der Waals surface area contributed by atoms with E-state index >= 15 is 0 Å². The molecule has 0 saturated heterocycles. The Labute approximate surface area is 359 Å². The van der Waals surface area contributed by atoms with Crippen LogP contribution < -0.4 is 9.47 Å². The first-order chi connectivity index (χ1) is 30.3. The minimum atomic E-state index is -1.06. The topological polar surface area (TPSA) is 354 Å². The molecular weight excluding hydrogens is 848 g/mol. The summed E-state index contributed by atoms with van der Waals surface area (Å²) >= 11 is 0. The lowest BCUT2D eigenvalue weighted by molar-refractivity contribution is -0.0192. The highest BCUT2D eigenvalue weighted by Gasteiger charge is 2.39. The first kappa shape index (κ1) is 43.2. The van der Waals surface area contributed by atoms with Gasteiger partial charge in [-0.3, -0.25) is 0 Å². The molecule has 0 saturated carbocycles. The number of hydrogen-bond acceptors (Lipinski definition) is 20. The van der Waals surface area contributed by atoms with Crippen molar-refractivity contribution in [2.24, 2.45) is 0 Å². The highest BCUT2D eigenvalue weighted by atomic mass is 16.6. The maximum atomic E-state index is 12.7. The Morgan fingerprint density at radius 2 is 0.750 bits per heavy atom. The smallest absolute Gasteiger partial charge is 0.338 e. The lowest BCUT2D eigenvalue weighted by Gasteiger charge is -2.34. The van der Waals surface area contributed by atoms with E-state index < -0.39 is 82.4 Å². The van der Waals surface area contributed by atoms with E-state index in [9.17, 15) is 81.1 Å². The highest BCUT2D eigenvalue weighted by Crippen LogP contribution is 2.46. The molecule has 6 aromatic rings. The third-order valence-electron chi connectivity index (χ3n) is 10.1. The standard InChI is InChI=1S/2C22H18O10/c2*23-11-6-14(25)12-8-19(32-22(30)10-4-16(27)20(29)17(28)5-10)21(31-18(12)7-11)9-1-2-13(24)15(26)3-9/h2*1-7,19,21,23-29H,8H2/t2*19-,21-/m11/s1. The van der Waals surface area contributed by atoms with Crippen molar-refractivity contribution in [1.82, 2.24) is 0 Å². The van der Waals surface area contributed by atoms with Gasteiger partial charge in [-0.25, -0.2) is 9.59 Å². The second-order valence-corrected chi connectivity index (χ2v) is 14.5. The predicted molar refractivity (Wildman–Crippen MR) is 215 cm³/mol. The van der Waals surface area contributed by atoms with Crippen LogP contribution in [0.15, 0.2) is 84.9 Å². The molecule has 2 heterocycles. The summed E-state index contributed by atoms with van der Waals surface area (Å²) in [6.07, 6.45) is -4.25. The Morgan fingerprint density at radius 3 is 1.08 bits per heavy atom. The van der Waals surface area contributed by atoms with Crippen molar-refractivity contribution in [3.63, 3.8) is 0 Å². The highest BCUT2D eigenvalue weighted by molar-refractivity contribution is 5.92. The maximum Gasteiger partial charge on any atom is 0.338 e. The van der Waals surface area contributed by atoms with Gasteiger partial charge in [-0.1, -0.05) is 12.1 Å². The average Bonchev–Trinajstić information content (AvgIpc) is 3.23. The van der Waals surface area contributed by atoms with E-state index in [4.69, 9.17) is 18.9 Å². The number of phenolic OH excluding ortho intramolecular Hbond substituents is 14. The molecule has 0 spiro atoms. The van der Waals surface area contributed by atoms with Crippen LogP contribution in [0.4, 0.5) is 0 Å². The fraction of sp³-hybridized carbons (Fsp3) is 0.136. The van der Waals surface area contributed by atoms with Gasteiger partial charge in [0, 0.05) is 59.4 Å². The zero-order valence-electron chi connectivity index (χ0n) is 32.5. The fourth-order valence-electron chi connectivity index (χ4n) is 6.96. The molecule has 8 rings (SSSR count). The van der Waals surface area contributed by atoms with Gasteiger partial charge in [-0.05, 0) is 48.5 Å². The third kappa shape index (κ3) is 8.63. The van der Waals surface area contributed by atoms with Crippen molar-refractivity contribution in [3.8, 4) is 92.0 Å². The van der Waals surface area contributed by atoms with Crippen LogP contribution >= 0.6 is 0 Å². The molecule has 6 aromatic carbocycles. The Morgan fingerprint density at radius 1 is 0.406 bits per heavy atom. The third-order valence-corrected chi connectivity index (χ3v) is 10.1. The minimum Gasteiger partial charge on any atom is -0.508 e. The molecular formula is C44H36O20. The van der Waals surface area contributed by atoms with Crippen LogP contribution in [-0.4, -0.2) is 95.6 Å². The lowest BCUT2D eigenvalue weighted by atomic mass is 9.93. The van der Waals surface area contributed by atoms with Crippen LogP contribution in [0.25, 0.3) is 0 Å². The van der Waals surface area contributed by atoms with Crippen molar-refractivity contribution < 1.29 is 100 Å². The van der Waals surface area contributed by atoms with Crippen molar-refractivity contribution >= 4 is 11.9 Å². The van der Waals surface area contributed by atoms with Gasteiger partial charge in [-0.2, -0.15) is 0 Å². The SMILES string of the molecule is O=C(O[C@@H]1Cc2c(O)cc(O)cc2O[C@@H]1c1ccc(O)c(O)c1)c1cc(O)c(O)c(O)c1.O=C(O[C@@H]1Cc2c(O)cc(O)cc2O[C@@H]1c1ccc(O)c(O)c1)c1cc(O)c(O)c(O)c1. The molecule has 20 nitrogen and oxygen atoms in total. The summed E-state index contributed by atoms with van der Waals surface area (Å²) in [5.41, 5.74) is 0.648. The molecule has 0 bridgehead atoms. The molecule has 0 amide bonds. The van der Waals surface area contributed by atoms with Gasteiger partial charge >= 0.3 is 11.9 Å². The molecule has 64 heavy (non-hydrogen) atoms. The summed E-state index contributed by atoms with van der Waals surface area (Å²) < 4.78 is 22.8. The second-order valence-electron chi connectivity index (χ2n) is 14.5. The average molecular weight is 885 g/mol. The number of carbonyl (C=O) groups is 2. The molecule has 0 aromatic heterocycles. The number of fused-ring (bicyclic) bond motifs is 2. The number of benzene rings is 6. The number of aromatic hydroxyl groups is 14. The van der Waals surface area contributed by atoms with E-state index in [0.29, 0.717) is 11.1 Å². The summed E-state index contributed by atoms with van der Waals surface area (Å²) in [5.74, 6) is -8.86. The van der Waals surface area contributed by atoms with E-state index in [1.807, 2.05) is 0 Å². The van der Waals surface area contributed by atoms with Gasteiger partial charge in [0.2, 0.25) is 0 Å². The van der Waals surface area contributed by atoms with E-state index in [1.54, 1.807) is 0 Å². The maximum absolute atomic E-state index is 12.7. The summed E-state index contributed by atoms with van der Waals surface area (Å²) in [6, 6.07) is 16.1. The first-order valence-corrected chi connectivity index (χ1v) is 18.7. The predicted octanol–water partition coefficient (Wildman–Crippen LogP) is 5.06. The summed E-state index contributed by atoms with van der Waals surface area (Å²) in [5, 5.41) is 136. The number of carbonyl (C=O) groups excluding carboxylic acids is 2. The summed E-state index contributed by atoms with van der Waals surface area (Å²) in [4.78, 5) is 25.4. The lowest BCUT2D eigenvalue weighted by Crippen LogP contribution is -2.34. The Balaban J connectivity index is 0.000000191. The summed E-state index contributed by atoms with van der Waals surface area (Å²) in [6.45, 7) is 0. The van der Waals surface area contributed by atoms with E-state index in [2.05, 4.69) is 0 Å². The molecule has 4 atom stereocenters. The largest absolute Gasteiger partial charge is 0.508 e. The number of rotatable bonds is 6. The monoisotopic (exact) mass is 884 g/mol. The van der Waals surface area contributed by atoms with Gasteiger partial charge < -0.3 is 90.4 Å². The molecule has 20 heteroatoms. The molecule has 332 valence electrons. The van der Waals surface area contributed by atoms with Crippen molar-refractivity contribution in [2.45, 2.75) is 37.3 Å². The molecule has 0 unspecified atom stereocenters. The number of esters is 2. The molecule has 2 aliphatic rings. The zero-order chi connectivity index (χ0) is 46.3. The van der Waals surface area contributed by atoms with E-state index in [1.165, 1.54) is 48.5 Å². The van der Waals surface area contributed by atoms with Gasteiger partial charge in [0.1, 0.15) is 46.7 Å². The zero-order valence-corrected chi connectivity index (χ0v) is 32.5. The quantitative estimate of drug-likeness (QED) is 0.0768. The number of phenols is 14. The van der Waals surface area contributed by atoms with Crippen molar-refractivity contribution in [2.75, 3.05) is 0 Å². The van der Waals surface area contributed by atoms with E-state index in [0.717, 1.165) is 36.4 Å². The van der Waals surface area contributed by atoms with Crippen LogP contribution in [-0.2, 0) is 22.3 Å². The van der Waals surface area contributed by atoms with Crippen LogP contribution in [0.2, 0.25) is 0 Å².